The maximum atomic E-state index is 8.88. The number of hydrogen-bond donors (Lipinski definition) is 2. The summed E-state index contributed by atoms with van der Waals surface area (Å²) in [5, 5.41) is 15.3. The minimum absolute atomic E-state index is 0.504. The van der Waals surface area contributed by atoms with Crippen LogP contribution in [-0.2, 0) is 6.42 Å². The highest BCUT2D eigenvalue weighted by Gasteiger charge is 2.04. The molecular formula is C13H14N4S. The Morgan fingerprint density at radius 3 is 3.00 bits per heavy atom. The number of thiazole rings is 1. The molecule has 4 nitrogen and oxygen atoms in total. The summed E-state index contributed by atoms with van der Waals surface area (Å²) in [6, 6.07) is 7.49. The van der Waals surface area contributed by atoms with E-state index in [2.05, 4.69) is 21.8 Å². The zero-order chi connectivity index (χ0) is 13.0. The number of hydrogen-bond acceptors (Lipinski definition) is 5. The number of aromatic nitrogens is 1. The smallest absolute Gasteiger partial charge is 0.101 e. The van der Waals surface area contributed by atoms with E-state index in [1.54, 1.807) is 17.4 Å². The molecule has 0 aliphatic heterocycles. The van der Waals surface area contributed by atoms with Crippen LogP contribution in [0, 0.1) is 18.3 Å². The van der Waals surface area contributed by atoms with Gasteiger partial charge >= 0.3 is 0 Å². The molecule has 0 fully saturated rings. The average Bonchev–Trinajstić information content (AvgIpc) is 2.77. The van der Waals surface area contributed by atoms with Gasteiger partial charge in [-0.05, 0) is 19.1 Å². The fraction of sp³-hybridized carbons (Fsp3) is 0.231. The molecule has 2 aromatic rings. The molecule has 1 heterocycles. The highest BCUT2D eigenvalue weighted by atomic mass is 32.1. The fourth-order valence-electron chi connectivity index (χ4n) is 1.67. The average molecular weight is 258 g/mol. The number of nitrogens with zero attached hydrogens (tertiary/aromatic N) is 2. The topological polar surface area (TPSA) is 74.7 Å². The summed E-state index contributed by atoms with van der Waals surface area (Å²) >= 11 is 1.65. The maximum Gasteiger partial charge on any atom is 0.101 e. The van der Waals surface area contributed by atoms with Crippen molar-refractivity contribution in [1.29, 1.82) is 5.26 Å². The lowest BCUT2D eigenvalue weighted by Crippen LogP contribution is -2.07. The maximum absolute atomic E-state index is 8.88. The first kappa shape index (κ1) is 12.4. The second-order valence-electron chi connectivity index (χ2n) is 3.91. The normalized spacial score (nSPS) is 10.0. The Morgan fingerprint density at radius 2 is 2.33 bits per heavy atom. The first-order chi connectivity index (χ1) is 8.70. The zero-order valence-corrected chi connectivity index (χ0v) is 10.9. The zero-order valence-electron chi connectivity index (χ0n) is 10.1. The first-order valence-corrected chi connectivity index (χ1v) is 6.52. The summed E-state index contributed by atoms with van der Waals surface area (Å²) < 4.78 is 0. The van der Waals surface area contributed by atoms with Crippen molar-refractivity contribution in [3.63, 3.8) is 0 Å². The van der Waals surface area contributed by atoms with Crippen LogP contribution in [-0.4, -0.2) is 11.5 Å². The molecule has 3 N–H and O–H groups in total. The third-order valence-corrected chi connectivity index (χ3v) is 3.41. The first-order valence-electron chi connectivity index (χ1n) is 5.64. The minimum atomic E-state index is 0.504. The molecule has 0 atom stereocenters. The number of nitrogens with one attached hydrogen (secondary N) is 1. The molecule has 92 valence electrons. The van der Waals surface area contributed by atoms with Crippen LogP contribution in [0.15, 0.2) is 23.6 Å². The number of aryl methyl sites for hydroxylation is 1. The van der Waals surface area contributed by atoms with Crippen LogP contribution in [0.5, 0.6) is 0 Å². The van der Waals surface area contributed by atoms with Gasteiger partial charge in [-0.25, -0.2) is 4.98 Å². The van der Waals surface area contributed by atoms with Crippen LogP contribution in [0.4, 0.5) is 11.4 Å². The summed E-state index contributed by atoms with van der Waals surface area (Å²) in [6.07, 6.45) is 0.848. The summed E-state index contributed by atoms with van der Waals surface area (Å²) in [4.78, 5) is 4.39. The number of rotatable bonds is 4. The molecule has 0 bridgehead atoms. The molecule has 0 spiro atoms. The second-order valence-corrected chi connectivity index (χ2v) is 4.98. The standard InChI is InChI=1S/C13H14N4S/c1-9-17-11(8-18-9)5-6-16-12-4-2-3-10(7-14)13(12)15/h2-4,8,16H,5-6,15H2,1H3. The summed E-state index contributed by atoms with van der Waals surface area (Å²) in [6.45, 7) is 2.75. The lowest BCUT2D eigenvalue weighted by Gasteiger charge is -2.09. The third kappa shape index (κ3) is 2.79. The van der Waals surface area contributed by atoms with Gasteiger partial charge in [0.15, 0.2) is 0 Å². The van der Waals surface area contributed by atoms with Crippen LogP contribution in [0.25, 0.3) is 0 Å². The van der Waals surface area contributed by atoms with Crippen molar-refractivity contribution >= 4 is 22.7 Å². The number of nitriles is 1. The van der Waals surface area contributed by atoms with Crippen LogP contribution < -0.4 is 11.1 Å². The van der Waals surface area contributed by atoms with Gasteiger partial charge in [0.2, 0.25) is 0 Å². The van der Waals surface area contributed by atoms with Crippen molar-refractivity contribution in [1.82, 2.24) is 4.98 Å². The van der Waals surface area contributed by atoms with Crippen molar-refractivity contribution in [2.24, 2.45) is 0 Å². The van der Waals surface area contributed by atoms with Crippen LogP contribution in [0.2, 0.25) is 0 Å². The van der Waals surface area contributed by atoms with Gasteiger partial charge in [0, 0.05) is 18.3 Å². The Bertz CT molecular complexity index is 583. The number of nitrogens with two attached hydrogens (primary N) is 1. The molecule has 0 radical (unpaired) electrons. The van der Waals surface area contributed by atoms with E-state index in [1.807, 2.05) is 19.1 Å². The molecule has 18 heavy (non-hydrogen) atoms. The Labute approximate surface area is 110 Å². The van der Waals surface area contributed by atoms with Gasteiger partial charge in [-0.3, -0.25) is 0 Å². The number of anilines is 2. The number of para-hydroxylation sites is 1. The molecule has 5 heteroatoms. The minimum Gasteiger partial charge on any atom is -0.396 e. The van der Waals surface area contributed by atoms with Gasteiger partial charge in [0.25, 0.3) is 0 Å². The molecule has 0 aliphatic carbocycles. The van der Waals surface area contributed by atoms with Gasteiger partial charge in [-0.2, -0.15) is 5.26 Å². The Balaban J connectivity index is 1.97. The third-order valence-electron chi connectivity index (χ3n) is 2.59. The van der Waals surface area contributed by atoms with Crippen LogP contribution in [0.3, 0.4) is 0 Å². The summed E-state index contributed by atoms with van der Waals surface area (Å²) in [5.41, 5.74) is 8.78. The van der Waals surface area contributed by atoms with Crippen molar-refractivity contribution in [3.8, 4) is 6.07 Å². The van der Waals surface area contributed by atoms with E-state index < -0.39 is 0 Å². The van der Waals surface area contributed by atoms with E-state index in [4.69, 9.17) is 11.0 Å². The fourth-order valence-corrected chi connectivity index (χ4v) is 2.31. The molecule has 2 rings (SSSR count). The predicted molar refractivity (Wildman–Crippen MR) is 74.6 cm³/mol. The van der Waals surface area contributed by atoms with Crippen molar-refractivity contribution < 1.29 is 0 Å². The van der Waals surface area contributed by atoms with Gasteiger partial charge in [0.1, 0.15) is 6.07 Å². The van der Waals surface area contributed by atoms with Gasteiger partial charge in [0.05, 0.1) is 27.6 Å². The van der Waals surface area contributed by atoms with Crippen LogP contribution in [0.1, 0.15) is 16.3 Å². The van der Waals surface area contributed by atoms with E-state index in [1.165, 1.54) is 0 Å². The molecule has 0 saturated heterocycles. The summed E-state index contributed by atoms with van der Waals surface area (Å²) in [5.74, 6) is 0. The van der Waals surface area contributed by atoms with E-state index in [9.17, 15) is 0 Å². The van der Waals surface area contributed by atoms with Crippen molar-refractivity contribution in [2.75, 3.05) is 17.6 Å². The van der Waals surface area contributed by atoms with Crippen molar-refractivity contribution in [2.45, 2.75) is 13.3 Å². The number of benzene rings is 1. The van der Waals surface area contributed by atoms with E-state index >= 15 is 0 Å². The van der Waals surface area contributed by atoms with Gasteiger partial charge < -0.3 is 11.1 Å². The SMILES string of the molecule is Cc1nc(CCNc2cccc(C#N)c2N)cs1. The molecule has 0 amide bonds. The second kappa shape index (κ2) is 5.52. The Hall–Kier alpha value is -2.06. The molecule has 1 aromatic heterocycles. The Morgan fingerprint density at radius 1 is 1.50 bits per heavy atom. The van der Waals surface area contributed by atoms with Gasteiger partial charge in [-0.1, -0.05) is 6.07 Å². The lowest BCUT2D eigenvalue weighted by molar-refractivity contribution is 0.969. The van der Waals surface area contributed by atoms with E-state index in [0.717, 1.165) is 29.4 Å². The number of nitrogen functional groups attached to an aromatic ring is 1. The van der Waals surface area contributed by atoms with E-state index in [-0.39, 0.29) is 0 Å². The highest BCUT2D eigenvalue weighted by Crippen LogP contribution is 2.21. The monoisotopic (exact) mass is 258 g/mol. The molecule has 0 unspecified atom stereocenters. The molecule has 1 aromatic carbocycles. The van der Waals surface area contributed by atoms with Crippen LogP contribution >= 0.6 is 11.3 Å². The molecule has 0 saturated carbocycles. The van der Waals surface area contributed by atoms with E-state index in [0.29, 0.717) is 11.3 Å². The Kier molecular flexibility index (Phi) is 3.80. The predicted octanol–water partition coefficient (Wildman–Crippen LogP) is 2.56. The quantitative estimate of drug-likeness (QED) is 0.826. The van der Waals surface area contributed by atoms with Crippen molar-refractivity contribution in [3.05, 3.63) is 39.8 Å². The molecule has 0 aliphatic rings. The largest absolute Gasteiger partial charge is 0.396 e. The summed E-state index contributed by atoms with van der Waals surface area (Å²) in [7, 11) is 0. The lowest BCUT2D eigenvalue weighted by atomic mass is 10.1. The molecular weight excluding hydrogens is 244 g/mol. The highest BCUT2D eigenvalue weighted by molar-refractivity contribution is 7.09. The van der Waals surface area contributed by atoms with Gasteiger partial charge in [-0.15, -0.1) is 11.3 Å².